The van der Waals surface area contributed by atoms with E-state index in [-0.39, 0.29) is 12.3 Å². The van der Waals surface area contributed by atoms with Crippen molar-refractivity contribution in [1.29, 1.82) is 0 Å². The van der Waals surface area contributed by atoms with E-state index in [1.807, 2.05) is 12.1 Å². The zero-order valence-corrected chi connectivity index (χ0v) is 18.4. The Labute approximate surface area is 186 Å². The van der Waals surface area contributed by atoms with Crippen LogP contribution in [0.4, 0.5) is 0 Å². The van der Waals surface area contributed by atoms with Crippen molar-refractivity contribution in [2.45, 2.75) is 20.5 Å². The molecule has 0 saturated heterocycles. The van der Waals surface area contributed by atoms with E-state index in [0.29, 0.717) is 21.9 Å². The Morgan fingerprint density at radius 1 is 1.06 bits per heavy atom. The minimum absolute atomic E-state index is 0.0389. The largest absolute Gasteiger partial charge is 0.464 e. The number of ether oxygens (including phenoxy) is 1. The van der Waals surface area contributed by atoms with Gasteiger partial charge in [-0.25, -0.2) is 4.79 Å². The zero-order valence-electron chi connectivity index (χ0n) is 17.7. The van der Waals surface area contributed by atoms with Crippen LogP contribution in [0.25, 0.3) is 0 Å². The Bertz CT molecular complexity index is 1130. The molecule has 0 N–H and O–H groups in total. The second kappa shape index (κ2) is 12.1. The summed E-state index contributed by atoms with van der Waals surface area (Å²) < 4.78 is 4.77. The summed E-state index contributed by atoms with van der Waals surface area (Å²) in [5, 5.41) is 8.40. The number of nitrogens with zero attached hydrogens (tertiary/aromatic N) is 2. The highest BCUT2D eigenvalue weighted by molar-refractivity contribution is 6.43. The molecule has 0 aromatic heterocycles. The first kappa shape index (κ1) is 23.5. The summed E-state index contributed by atoms with van der Waals surface area (Å²) in [5.41, 5.74) is 3.22. The van der Waals surface area contributed by atoms with E-state index in [1.54, 1.807) is 44.2 Å². The number of carbonyl (C=O) groups excluding carboxylic acids is 1. The van der Waals surface area contributed by atoms with Crippen LogP contribution in [0, 0.1) is 23.7 Å². The van der Waals surface area contributed by atoms with Crippen LogP contribution in [0.5, 0.6) is 0 Å². The topological polar surface area (TPSA) is 69.5 Å². The van der Waals surface area contributed by atoms with Gasteiger partial charge in [0, 0.05) is 27.3 Å². The number of hydrogen-bond donors (Lipinski definition) is 0. The molecule has 0 unspecified atom stereocenters. The van der Waals surface area contributed by atoms with Crippen LogP contribution in [-0.2, 0) is 25.8 Å². The second-order valence-electron chi connectivity index (χ2n) is 6.04. The molecular formula is C24H21ClN2O4. The van der Waals surface area contributed by atoms with Crippen molar-refractivity contribution in [2.24, 2.45) is 10.3 Å². The van der Waals surface area contributed by atoms with Gasteiger partial charge in [-0.1, -0.05) is 58.0 Å². The van der Waals surface area contributed by atoms with Crippen molar-refractivity contribution in [2.75, 3.05) is 14.2 Å². The third-order valence-electron chi connectivity index (χ3n) is 3.87. The molecule has 2 aromatic rings. The van der Waals surface area contributed by atoms with Crippen molar-refractivity contribution < 1.29 is 19.2 Å². The van der Waals surface area contributed by atoms with Crippen LogP contribution < -0.4 is 0 Å². The molecule has 2 aromatic carbocycles. The molecule has 0 fully saturated rings. The summed E-state index contributed by atoms with van der Waals surface area (Å²) in [6.45, 7) is 3.58. The molecule has 0 aliphatic rings. The van der Waals surface area contributed by atoms with Crippen LogP contribution >= 0.6 is 11.6 Å². The first-order valence-electron chi connectivity index (χ1n) is 9.18. The van der Waals surface area contributed by atoms with Crippen molar-refractivity contribution >= 4 is 29.0 Å². The molecule has 0 radical (unpaired) electrons. The Morgan fingerprint density at radius 3 is 2.55 bits per heavy atom. The van der Waals surface area contributed by atoms with Crippen LogP contribution in [0.3, 0.4) is 0 Å². The van der Waals surface area contributed by atoms with Gasteiger partial charge in [-0.3, -0.25) is 0 Å². The van der Waals surface area contributed by atoms with Gasteiger partial charge in [0.05, 0.1) is 7.11 Å². The fraction of sp³-hybridized carbons (Fsp3) is 0.208. The summed E-state index contributed by atoms with van der Waals surface area (Å²) in [4.78, 5) is 22.2. The molecule has 158 valence electrons. The number of rotatable bonds is 6. The Balaban J connectivity index is 2.18. The molecule has 31 heavy (non-hydrogen) atoms. The van der Waals surface area contributed by atoms with Crippen LogP contribution in [-0.4, -0.2) is 31.6 Å². The molecule has 0 spiro atoms. The van der Waals surface area contributed by atoms with Crippen molar-refractivity contribution in [3.05, 3.63) is 69.7 Å². The van der Waals surface area contributed by atoms with Gasteiger partial charge in [0.2, 0.25) is 0 Å². The van der Waals surface area contributed by atoms with Gasteiger partial charge < -0.3 is 14.4 Å². The minimum Gasteiger partial charge on any atom is -0.464 e. The molecule has 0 atom stereocenters. The summed E-state index contributed by atoms with van der Waals surface area (Å²) in [7, 11) is 2.63. The van der Waals surface area contributed by atoms with Crippen LogP contribution in [0.2, 0.25) is 5.02 Å². The van der Waals surface area contributed by atoms with E-state index in [2.05, 4.69) is 34.0 Å². The first-order valence-corrected chi connectivity index (χ1v) is 9.56. The molecule has 0 aliphatic heterocycles. The average molecular weight is 437 g/mol. The Kier molecular flexibility index (Phi) is 9.16. The predicted molar refractivity (Wildman–Crippen MR) is 121 cm³/mol. The molecule has 0 heterocycles. The molecular weight excluding hydrogens is 416 g/mol. The monoisotopic (exact) mass is 436 g/mol. The smallest absolute Gasteiger partial charge is 0.360 e. The van der Waals surface area contributed by atoms with Gasteiger partial charge in [0.1, 0.15) is 19.4 Å². The first-order chi connectivity index (χ1) is 15.0. The lowest BCUT2D eigenvalue weighted by atomic mass is 10.0. The van der Waals surface area contributed by atoms with Crippen molar-refractivity contribution in [3.8, 4) is 23.7 Å². The molecule has 0 bridgehead atoms. The van der Waals surface area contributed by atoms with Crippen molar-refractivity contribution in [1.82, 2.24) is 0 Å². The molecule has 0 amide bonds. The second-order valence-corrected chi connectivity index (χ2v) is 6.47. The van der Waals surface area contributed by atoms with Gasteiger partial charge in [-0.05, 0) is 38.0 Å². The summed E-state index contributed by atoms with van der Waals surface area (Å²) >= 11 is 6.02. The zero-order chi connectivity index (χ0) is 22.6. The Morgan fingerprint density at radius 2 is 1.84 bits per heavy atom. The van der Waals surface area contributed by atoms with Crippen LogP contribution in [0.15, 0.2) is 52.8 Å². The van der Waals surface area contributed by atoms with E-state index in [1.165, 1.54) is 14.2 Å². The highest BCUT2D eigenvalue weighted by Gasteiger charge is 2.19. The van der Waals surface area contributed by atoms with Crippen molar-refractivity contribution in [3.63, 3.8) is 0 Å². The number of oxime groups is 2. The fourth-order valence-corrected chi connectivity index (χ4v) is 2.68. The lowest BCUT2D eigenvalue weighted by Crippen LogP contribution is -2.19. The molecule has 2 rings (SSSR count). The number of methoxy groups -OCH3 is 1. The highest BCUT2D eigenvalue weighted by Crippen LogP contribution is 2.15. The van der Waals surface area contributed by atoms with Crippen LogP contribution in [0.1, 0.15) is 36.1 Å². The average Bonchev–Trinajstić information content (AvgIpc) is 2.77. The number of esters is 1. The van der Waals surface area contributed by atoms with E-state index in [0.717, 1.165) is 11.1 Å². The van der Waals surface area contributed by atoms with Gasteiger partial charge in [-0.2, -0.15) is 0 Å². The van der Waals surface area contributed by atoms with Gasteiger partial charge in [-0.15, -0.1) is 5.92 Å². The fourth-order valence-electron chi connectivity index (χ4n) is 2.50. The predicted octanol–water partition coefficient (Wildman–Crippen LogP) is 4.18. The SMILES string of the molecule is CC#Cc1cc(Cl)ccc1C#C/C(C)=N/OCc1ccccc1/C(=N\OC)C(=O)OC. The third kappa shape index (κ3) is 6.92. The van der Waals surface area contributed by atoms with Gasteiger partial charge in [0.15, 0.2) is 5.71 Å². The van der Waals surface area contributed by atoms with Gasteiger partial charge >= 0.3 is 5.97 Å². The molecule has 6 nitrogen and oxygen atoms in total. The highest BCUT2D eigenvalue weighted by atomic mass is 35.5. The summed E-state index contributed by atoms with van der Waals surface area (Å²) in [5.74, 6) is 11.2. The van der Waals surface area contributed by atoms with E-state index >= 15 is 0 Å². The molecule has 0 aliphatic carbocycles. The summed E-state index contributed by atoms with van der Waals surface area (Å²) in [6.07, 6.45) is 0. The maximum Gasteiger partial charge on any atom is 0.360 e. The number of carbonyl (C=O) groups is 1. The normalized spacial score (nSPS) is 10.9. The summed E-state index contributed by atoms with van der Waals surface area (Å²) in [6, 6.07) is 12.4. The number of halogens is 1. The maximum atomic E-state index is 12.0. The van der Waals surface area contributed by atoms with E-state index in [4.69, 9.17) is 26.0 Å². The molecule has 0 saturated carbocycles. The quantitative estimate of drug-likeness (QED) is 0.295. The third-order valence-corrected chi connectivity index (χ3v) is 4.11. The lowest BCUT2D eigenvalue weighted by Gasteiger charge is -2.09. The minimum atomic E-state index is -0.617. The van der Waals surface area contributed by atoms with Gasteiger partial charge in [0.25, 0.3) is 0 Å². The lowest BCUT2D eigenvalue weighted by molar-refractivity contribution is -0.132. The standard InChI is InChI=1S/C24H21ClN2O4/c1-5-8-19-15-21(25)14-13-18(19)12-11-17(2)26-31-16-20-9-6-7-10-22(20)23(27-30-4)24(28)29-3/h6-7,9-10,13-15H,16H2,1-4H3/b26-17+,27-23+. The maximum absolute atomic E-state index is 12.0. The number of hydrogen-bond acceptors (Lipinski definition) is 6. The number of benzene rings is 2. The van der Waals surface area contributed by atoms with E-state index in [9.17, 15) is 4.79 Å². The Hall–Kier alpha value is -3.74. The van der Waals surface area contributed by atoms with E-state index < -0.39 is 5.97 Å². The molecule has 7 heteroatoms.